The van der Waals surface area contributed by atoms with E-state index in [2.05, 4.69) is 5.43 Å². The quantitative estimate of drug-likeness (QED) is 0.366. The molecule has 1 aromatic carbocycles. The van der Waals surface area contributed by atoms with Gasteiger partial charge in [0, 0.05) is 16.6 Å². The molecule has 0 atom stereocenters. The van der Waals surface area contributed by atoms with Gasteiger partial charge in [0.1, 0.15) is 5.75 Å². The van der Waals surface area contributed by atoms with Crippen LogP contribution < -0.4 is 16.0 Å². The predicted octanol–water partition coefficient (Wildman–Crippen LogP) is 2.73. The van der Waals surface area contributed by atoms with Gasteiger partial charge in [0.25, 0.3) is 5.91 Å². The van der Waals surface area contributed by atoms with Crippen LogP contribution in [0.4, 0.5) is 0 Å². The number of nitrogens with two attached hydrogens (primary N) is 1. The highest BCUT2D eigenvalue weighted by molar-refractivity contribution is 7.99. The number of hydrogen-bond acceptors (Lipinski definition) is 4. The molecule has 0 radical (unpaired) electrons. The Morgan fingerprint density at radius 2 is 1.95 bits per heavy atom. The van der Waals surface area contributed by atoms with Crippen LogP contribution in [0, 0.1) is 0 Å². The molecule has 0 aromatic heterocycles. The van der Waals surface area contributed by atoms with Gasteiger partial charge in [0.05, 0.1) is 6.61 Å². The van der Waals surface area contributed by atoms with Crippen LogP contribution in [-0.2, 0) is 0 Å². The number of carbonyl (C=O) groups is 1. The predicted molar refractivity (Wildman–Crippen MR) is 82.9 cm³/mol. The van der Waals surface area contributed by atoms with Crippen molar-refractivity contribution in [2.24, 2.45) is 5.84 Å². The van der Waals surface area contributed by atoms with Crippen molar-refractivity contribution in [1.82, 2.24) is 5.43 Å². The van der Waals surface area contributed by atoms with E-state index < -0.39 is 0 Å². The van der Waals surface area contributed by atoms with Crippen molar-refractivity contribution >= 4 is 17.7 Å². The van der Waals surface area contributed by atoms with Crippen molar-refractivity contribution in [2.45, 2.75) is 37.4 Å². The number of amides is 1. The van der Waals surface area contributed by atoms with Gasteiger partial charge in [-0.25, -0.2) is 5.84 Å². The van der Waals surface area contributed by atoms with E-state index in [0.717, 1.165) is 16.8 Å². The Morgan fingerprint density at radius 1 is 1.25 bits per heavy atom. The van der Waals surface area contributed by atoms with Crippen molar-refractivity contribution < 1.29 is 9.53 Å². The number of hydrogen-bond donors (Lipinski definition) is 2. The van der Waals surface area contributed by atoms with Crippen LogP contribution in [0.5, 0.6) is 5.75 Å². The van der Waals surface area contributed by atoms with Gasteiger partial charge in [0.15, 0.2) is 0 Å². The second kappa shape index (κ2) is 8.17. The third-order valence-electron chi connectivity index (χ3n) is 3.51. The molecule has 0 spiro atoms. The molecule has 0 unspecified atom stereocenters. The van der Waals surface area contributed by atoms with Crippen LogP contribution in [0.1, 0.15) is 42.5 Å². The van der Waals surface area contributed by atoms with Gasteiger partial charge < -0.3 is 4.74 Å². The van der Waals surface area contributed by atoms with Crippen LogP contribution in [0.15, 0.2) is 24.3 Å². The fourth-order valence-corrected chi connectivity index (χ4v) is 3.57. The summed E-state index contributed by atoms with van der Waals surface area (Å²) in [4.78, 5) is 11.3. The third-order valence-corrected chi connectivity index (χ3v) is 4.85. The van der Waals surface area contributed by atoms with Crippen LogP contribution in [0.3, 0.4) is 0 Å². The standard InChI is InChI=1S/C15H22N2O2S/c16-17-15(18)12-6-8-13(9-7-12)19-10-11-20-14-4-2-1-3-5-14/h6-9,14H,1-5,10-11,16H2,(H,17,18). The summed E-state index contributed by atoms with van der Waals surface area (Å²) in [6.45, 7) is 0.712. The lowest BCUT2D eigenvalue weighted by Gasteiger charge is -2.20. The largest absolute Gasteiger partial charge is 0.493 e. The normalized spacial score (nSPS) is 15.8. The number of carbonyl (C=O) groups excluding carboxylic acids is 1. The molecule has 0 bridgehead atoms. The van der Waals surface area contributed by atoms with E-state index in [0.29, 0.717) is 12.2 Å². The van der Waals surface area contributed by atoms with Crippen LogP contribution in [0.2, 0.25) is 0 Å². The Morgan fingerprint density at radius 3 is 2.60 bits per heavy atom. The second-order valence-electron chi connectivity index (χ2n) is 4.98. The van der Waals surface area contributed by atoms with E-state index in [1.165, 1.54) is 32.1 Å². The number of rotatable bonds is 6. The highest BCUT2D eigenvalue weighted by atomic mass is 32.2. The molecule has 1 fully saturated rings. The first-order chi connectivity index (χ1) is 9.79. The fourth-order valence-electron chi connectivity index (χ4n) is 2.39. The number of nitrogens with one attached hydrogen (secondary N) is 1. The van der Waals surface area contributed by atoms with Gasteiger partial charge in [-0.2, -0.15) is 11.8 Å². The molecule has 20 heavy (non-hydrogen) atoms. The molecule has 0 heterocycles. The average molecular weight is 294 g/mol. The molecule has 1 saturated carbocycles. The summed E-state index contributed by atoms with van der Waals surface area (Å²) in [6.07, 6.45) is 6.86. The number of thioether (sulfide) groups is 1. The van der Waals surface area contributed by atoms with Gasteiger partial charge in [0.2, 0.25) is 0 Å². The lowest BCUT2D eigenvalue weighted by molar-refractivity contribution is 0.0953. The summed E-state index contributed by atoms with van der Waals surface area (Å²) in [6, 6.07) is 7.03. The lowest BCUT2D eigenvalue weighted by atomic mass is 10.0. The van der Waals surface area contributed by atoms with Crippen LogP contribution >= 0.6 is 11.8 Å². The minimum Gasteiger partial charge on any atom is -0.493 e. The molecule has 2 rings (SSSR count). The van der Waals surface area contributed by atoms with Crippen molar-refractivity contribution in [2.75, 3.05) is 12.4 Å². The van der Waals surface area contributed by atoms with Crippen molar-refractivity contribution in [3.63, 3.8) is 0 Å². The average Bonchev–Trinajstić information content (AvgIpc) is 2.52. The van der Waals surface area contributed by atoms with Gasteiger partial charge >= 0.3 is 0 Å². The summed E-state index contributed by atoms with van der Waals surface area (Å²) >= 11 is 2.02. The SMILES string of the molecule is NNC(=O)c1ccc(OCCSC2CCCCC2)cc1. The maximum Gasteiger partial charge on any atom is 0.265 e. The van der Waals surface area contributed by atoms with Crippen molar-refractivity contribution in [1.29, 1.82) is 0 Å². The van der Waals surface area contributed by atoms with Crippen molar-refractivity contribution in [3.05, 3.63) is 29.8 Å². The summed E-state index contributed by atoms with van der Waals surface area (Å²) in [5.74, 6) is 6.61. The molecule has 110 valence electrons. The van der Waals surface area contributed by atoms with Gasteiger partial charge in [-0.05, 0) is 37.1 Å². The van der Waals surface area contributed by atoms with E-state index in [9.17, 15) is 4.79 Å². The first-order valence-electron chi connectivity index (χ1n) is 7.15. The highest BCUT2D eigenvalue weighted by Gasteiger charge is 2.13. The Labute approximate surface area is 124 Å². The smallest absolute Gasteiger partial charge is 0.265 e. The van der Waals surface area contributed by atoms with E-state index in [-0.39, 0.29) is 5.91 Å². The zero-order valence-electron chi connectivity index (χ0n) is 11.6. The van der Waals surface area contributed by atoms with Gasteiger partial charge in [-0.15, -0.1) is 0 Å². The molecule has 1 aromatic rings. The fraction of sp³-hybridized carbons (Fsp3) is 0.533. The molecule has 1 aliphatic carbocycles. The topological polar surface area (TPSA) is 64.3 Å². The third kappa shape index (κ3) is 4.72. The summed E-state index contributed by atoms with van der Waals surface area (Å²) in [7, 11) is 0. The maximum absolute atomic E-state index is 11.3. The summed E-state index contributed by atoms with van der Waals surface area (Å²) < 4.78 is 5.68. The zero-order valence-corrected chi connectivity index (χ0v) is 12.5. The first kappa shape index (κ1) is 15.2. The second-order valence-corrected chi connectivity index (χ2v) is 6.39. The number of benzene rings is 1. The summed E-state index contributed by atoms with van der Waals surface area (Å²) in [5.41, 5.74) is 2.64. The van der Waals surface area contributed by atoms with Crippen molar-refractivity contribution in [3.8, 4) is 5.75 Å². The molecule has 1 aliphatic rings. The maximum atomic E-state index is 11.3. The first-order valence-corrected chi connectivity index (χ1v) is 8.20. The number of nitrogen functional groups attached to an aromatic ring is 1. The zero-order chi connectivity index (χ0) is 14.2. The van der Waals surface area contributed by atoms with E-state index in [1.54, 1.807) is 24.3 Å². The molecule has 0 saturated heterocycles. The molecule has 0 aliphatic heterocycles. The van der Waals surface area contributed by atoms with Gasteiger partial charge in [-0.1, -0.05) is 19.3 Å². The lowest BCUT2D eigenvalue weighted by Crippen LogP contribution is -2.29. The summed E-state index contributed by atoms with van der Waals surface area (Å²) in [5, 5.41) is 0.822. The number of ether oxygens (including phenoxy) is 1. The molecule has 3 N–H and O–H groups in total. The Hall–Kier alpha value is -1.20. The Balaban J connectivity index is 1.67. The molecule has 4 nitrogen and oxygen atoms in total. The van der Waals surface area contributed by atoms with Crippen LogP contribution in [-0.4, -0.2) is 23.5 Å². The Bertz CT molecular complexity index is 416. The number of hydrazine groups is 1. The molecular formula is C15H22N2O2S. The van der Waals surface area contributed by atoms with Crippen LogP contribution in [0.25, 0.3) is 0 Å². The van der Waals surface area contributed by atoms with E-state index in [1.807, 2.05) is 11.8 Å². The van der Waals surface area contributed by atoms with E-state index >= 15 is 0 Å². The molecular weight excluding hydrogens is 272 g/mol. The Kier molecular flexibility index (Phi) is 6.21. The molecule has 5 heteroatoms. The minimum absolute atomic E-state index is 0.288. The van der Waals surface area contributed by atoms with Gasteiger partial charge in [-0.3, -0.25) is 10.2 Å². The monoisotopic (exact) mass is 294 g/mol. The minimum atomic E-state index is -0.288. The molecule has 1 amide bonds. The highest BCUT2D eigenvalue weighted by Crippen LogP contribution is 2.28. The van der Waals surface area contributed by atoms with E-state index in [4.69, 9.17) is 10.6 Å².